The highest BCUT2D eigenvalue weighted by molar-refractivity contribution is 5.83. The van der Waals surface area contributed by atoms with Crippen LogP contribution in [0.3, 0.4) is 0 Å². The van der Waals surface area contributed by atoms with Crippen LogP contribution < -0.4 is 0 Å². The molecule has 0 bridgehead atoms. The number of rotatable bonds is 3. The Bertz CT molecular complexity index is 440. The Labute approximate surface area is 98.2 Å². The number of hydrogen-bond donors (Lipinski definition) is 1. The maximum atomic E-state index is 11.5. The normalized spacial score (nSPS) is 21.5. The molecule has 0 spiro atoms. The molecule has 0 saturated heterocycles. The van der Waals surface area contributed by atoms with Crippen LogP contribution in [0, 0.1) is 16.0 Å². The summed E-state index contributed by atoms with van der Waals surface area (Å²) >= 11 is 0. The summed E-state index contributed by atoms with van der Waals surface area (Å²) in [6.07, 6.45) is 1.19. The highest BCUT2D eigenvalue weighted by Crippen LogP contribution is 2.33. The highest BCUT2D eigenvalue weighted by Gasteiger charge is 2.31. The number of aliphatic hydroxyl groups is 1. The van der Waals surface area contributed by atoms with Crippen molar-refractivity contribution >= 4 is 11.5 Å². The van der Waals surface area contributed by atoms with Crippen molar-refractivity contribution in [1.29, 1.82) is 0 Å². The number of hydrogen-bond acceptors (Lipinski definition) is 4. The molecule has 0 unspecified atom stereocenters. The topological polar surface area (TPSA) is 80.4 Å². The third-order valence-corrected chi connectivity index (χ3v) is 3.18. The maximum absolute atomic E-state index is 11.5. The van der Waals surface area contributed by atoms with Crippen molar-refractivity contribution in [3.63, 3.8) is 0 Å². The Kier molecular flexibility index (Phi) is 3.19. The maximum Gasteiger partial charge on any atom is 0.269 e. The summed E-state index contributed by atoms with van der Waals surface area (Å²) in [4.78, 5) is 21.5. The minimum Gasteiger partial charge on any atom is -0.388 e. The predicted molar refractivity (Wildman–Crippen MR) is 60.4 cm³/mol. The first-order valence-electron chi connectivity index (χ1n) is 5.54. The quantitative estimate of drug-likeness (QED) is 0.641. The molecule has 5 nitrogen and oxygen atoms in total. The van der Waals surface area contributed by atoms with Gasteiger partial charge in [-0.15, -0.1) is 0 Å². The van der Waals surface area contributed by atoms with Gasteiger partial charge in [0.15, 0.2) is 0 Å². The van der Waals surface area contributed by atoms with E-state index in [2.05, 4.69) is 0 Å². The van der Waals surface area contributed by atoms with E-state index in [1.54, 1.807) is 0 Å². The minimum absolute atomic E-state index is 0.0151. The predicted octanol–water partition coefficient (Wildman–Crippen LogP) is 2.00. The first-order valence-corrected chi connectivity index (χ1v) is 5.54. The molecule has 0 amide bonds. The highest BCUT2D eigenvalue weighted by atomic mass is 16.6. The van der Waals surface area contributed by atoms with Crippen LogP contribution in [0.1, 0.15) is 30.9 Å². The van der Waals surface area contributed by atoms with Crippen LogP contribution in [-0.4, -0.2) is 15.8 Å². The van der Waals surface area contributed by atoms with E-state index >= 15 is 0 Å². The molecule has 1 aliphatic carbocycles. The summed E-state index contributed by atoms with van der Waals surface area (Å²) in [6.45, 7) is 0. The molecule has 1 fully saturated rings. The van der Waals surface area contributed by atoms with Crippen molar-refractivity contribution < 1.29 is 14.8 Å². The van der Waals surface area contributed by atoms with Gasteiger partial charge in [-0.2, -0.15) is 0 Å². The van der Waals surface area contributed by atoms with Crippen LogP contribution in [0.4, 0.5) is 5.69 Å². The lowest BCUT2D eigenvalue weighted by molar-refractivity contribution is -0.384. The lowest BCUT2D eigenvalue weighted by Crippen LogP contribution is -2.16. The monoisotopic (exact) mass is 235 g/mol. The van der Waals surface area contributed by atoms with Crippen LogP contribution in [0.15, 0.2) is 24.3 Å². The van der Waals surface area contributed by atoms with E-state index in [1.807, 2.05) is 0 Å². The smallest absolute Gasteiger partial charge is 0.269 e. The van der Waals surface area contributed by atoms with Crippen molar-refractivity contribution in [2.75, 3.05) is 0 Å². The zero-order chi connectivity index (χ0) is 12.4. The van der Waals surface area contributed by atoms with E-state index in [4.69, 9.17) is 0 Å². The van der Waals surface area contributed by atoms with E-state index < -0.39 is 11.0 Å². The molecular weight excluding hydrogens is 222 g/mol. The van der Waals surface area contributed by atoms with Crippen molar-refractivity contribution in [1.82, 2.24) is 0 Å². The van der Waals surface area contributed by atoms with E-state index in [-0.39, 0.29) is 17.4 Å². The van der Waals surface area contributed by atoms with E-state index in [1.165, 1.54) is 24.3 Å². The van der Waals surface area contributed by atoms with Crippen LogP contribution in [-0.2, 0) is 4.79 Å². The average Bonchev–Trinajstić information content (AvgIpc) is 2.74. The molecule has 1 saturated carbocycles. The molecular formula is C12H13NO4. The van der Waals surface area contributed by atoms with Gasteiger partial charge in [-0.05, 0) is 30.5 Å². The zero-order valence-electron chi connectivity index (χ0n) is 9.20. The van der Waals surface area contributed by atoms with Crippen molar-refractivity contribution in [3.8, 4) is 0 Å². The first kappa shape index (κ1) is 11.7. The third-order valence-electron chi connectivity index (χ3n) is 3.18. The van der Waals surface area contributed by atoms with Crippen molar-refractivity contribution in [3.05, 3.63) is 39.9 Å². The van der Waals surface area contributed by atoms with Crippen molar-refractivity contribution in [2.45, 2.75) is 25.4 Å². The molecule has 0 radical (unpaired) electrons. The molecule has 2 rings (SSSR count). The minimum atomic E-state index is -0.842. The summed E-state index contributed by atoms with van der Waals surface area (Å²) in [7, 11) is 0. The van der Waals surface area contributed by atoms with Gasteiger partial charge in [0.25, 0.3) is 5.69 Å². The second-order valence-electron chi connectivity index (χ2n) is 4.26. The summed E-state index contributed by atoms with van der Waals surface area (Å²) in [6, 6.07) is 5.71. The van der Waals surface area contributed by atoms with Crippen LogP contribution in [0.2, 0.25) is 0 Å². The fraction of sp³-hybridized carbons (Fsp3) is 0.417. The summed E-state index contributed by atoms with van der Waals surface area (Å²) < 4.78 is 0. The van der Waals surface area contributed by atoms with Gasteiger partial charge < -0.3 is 5.11 Å². The molecule has 1 aliphatic rings. The van der Waals surface area contributed by atoms with Gasteiger partial charge in [0.2, 0.25) is 0 Å². The Morgan fingerprint density at radius 1 is 1.35 bits per heavy atom. The SMILES string of the molecule is O=C1CCC[C@H]1[C@@H](O)c1ccc([N+](=O)[O-])cc1. The number of nitro groups is 1. The molecule has 0 aromatic heterocycles. The second-order valence-corrected chi connectivity index (χ2v) is 4.26. The number of benzene rings is 1. The van der Waals surface area contributed by atoms with Crippen LogP contribution >= 0.6 is 0 Å². The number of nitro benzene ring substituents is 1. The first-order chi connectivity index (χ1) is 8.09. The number of non-ortho nitro benzene ring substituents is 1. The molecule has 1 aromatic carbocycles. The zero-order valence-corrected chi connectivity index (χ0v) is 9.20. The van der Waals surface area contributed by atoms with E-state index in [9.17, 15) is 20.0 Å². The average molecular weight is 235 g/mol. The number of nitrogens with zero attached hydrogens (tertiary/aromatic N) is 1. The molecule has 90 valence electrons. The van der Waals surface area contributed by atoms with Gasteiger partial charge in [0.1, 0.15) is 5.78 Å². The molecule has 17 heavy (non-hydrogen) atoms. The van der Waals surface area contributed by atoms with Crippen LogP contribution in [0.25, 0.3) is 0 Å². The summed E-state index contributed by atoms with van der Waals surface area (Å²) in [5, 5.41) is 20.5. The number of Topliss-reactive ketones (excluding diaryl/α,β-unsaturated/α-hetero) is 1. The fourth-order valence-corrected chi connectivity index (χ4v) is 2.20. The third kappa shape index (κ3) is 2.34. The van der Waals surface area contributed by atoms with E-state index in [0.717, 1.165) is 6.42 Å². The number of carbonyl (C=O) groups is 1. The van der Waals surface area contributed by atoms with Gasteiger partial charge in [-0.3, -0.25) is 14.9 Å². The van der Waals surface area contributed by atoms with Gasteiger partial charge in [-0.25, -0.2) is 0 Å². The van der Waals surface area contributed by atoms with Crippen molar-refractivity contribution in [2.24, 2.45) is 5.92 Å². The number of carbonyl (C=O) groups excluding carboxylic acids is 1. The van der Waals surface area contributed by atoms with Crippen LogP contribution in [0.5, 0.6) is 0 Å². The molecule has 0 aliphatic heterocycles. The van der Waals surface area contributed by atoms with Gasteiger partial charge >= 0.3 is 0 Å². The van der Waals surface area contributed by atoms with Gasteiger partial charge in [-0.1, -0.05) is 0 Å². The van der Waals surface area contributed by atoms with Gasteiger partial charge in [0.05, 0.1) is 11.0 Å². The Morgan fingerprint density at radius 3 is 2.47 bits per heavy atom. The number of ketones is 1. The Hall–Kier alpha value is -1.75. The molecule has 5 heteroatoms. The summed E-state index contributed by atoms with van der Waals surface area (Å²) in [5.41, 5.74) is 0.551. The molecule has 2 atom stereocenters. The second kappa shape index (κ2) is 4.63. The largest absolute Gasteiger partial charge is 0.388 e. The molecule has 0 heterocycles. The van der Waals surface area contributed by atoms with Gasteiger partial charge in [0, 0.05) is 24.5 Å². The standard InChI is InChI=1S/C12H13NO4/c14-11-3-1-2-10(11)12(15)8-4-6-9(7-5-8)13(16)17/h4-7,10,12,15H,1-3H2/t10-,12+/m1/s1. The number of aliphatic hydroxyl groups excluding tert-OH is 1. The molecule has 1 N–H and O–H groups in total. The Balaban J connectivity index is 2.16. The fourth-order valence-electron chi connectivity index (χ4n) is 2.20. The molecule has 1 aromatic rings. The van der Waals surface area contributed by atoms with E-state index in [0.29, 0.717) is 18.4 Å². The Morgan fingerprint density at radius 2 is 2.00 bits per heavy atom. The summed E-state index contributed by atoms with van der Waals surface area (Å²) in [5.74, 6) is -0.271. The lowest BCUT2D eigenvalue weighted by atomic mass is 9.93. The lowest BCUT2D eigenvalue weighted by Gasteiger charge is -2.16.